The Morgan fingerprint density at radius 1 is 1.32 bits per heavy atom. The first-order valence-corrected chi connectivity index (χ1v) is 9.38. The summed E-state index contributed by atoms with van der Waals surface area (Å²) in [6, 6.07) is 7.73. The van der Waals surface area contributed by atoms with E-state index in [9.17, 15) is 5.11 Å². The number of anilines is 2. The van der Waals surface area contributed by atoms with Crippen molar-refractivity contribution in [2.24, 2.45) is 5.73 Å². The predicted octanol–water partition coefficient (Wildman–Crippen LogP) is 2.34. The molecule has 28 heavy (non-hydrogen) atoms. The van der Waals surface area contributed by atoms with Crippen LogP contribution in [0.2, 0.25) is 0 Å². The van der Waals surface area contributed by atoms with Crippen LogP contribution in [0.5, 0.6) is 0 Å². The fourth-order valence-electron chi connectivity index (χ4n) is 3.83. The van der Waals surface area contributed by atoms with Crippen LogP contribution >= 0.6 is 0 Å². The van der Waals surface area contributed by atoms with Crippen molar-refractivity contribution in [3.05, 3.63) is 48.6 Å². The lowest BCUT2D eigenvalue weighted by molar-refractivity contribution is 0.0501. The van der Waals surface area contributed by atoms with E-state index in [0.29, 0.717) is 13.1 Å². The number of nitrogens with one attached hydrogen (secondary N) is 2. The average molecular weight is 378 g/mol. The summed E-state index contributed by atoms with van der Waals surface area (Å²) in [4.78, 5) is 14.3. The number of rotatable bonds is 4. The highest BCUT2D eigenvalue weighted by Crippen LogP contribution is 2.29. The molecule has 0 amide bonds. The quantitative estimate of drug-likeness (QED) is 0.431. The van der Waals surface area contributed by atoms with Gasteiger partial charge in [0.2, 0.25) is 0 Å². The van der Waals surface area contributed by atoms with Gasteiger partial charge >= 0.3 is 0 Å². The number of β-amino-alcohol motifs (C(OH)–C–C–N with tert-alkyl or cyclic N) is 1. The highest BCUT2D eigenvalue weighted by molar-refractivity contribution is 5.93. The van der Waals surface area contributed by atoms with Crippen LogP contribution < -0.4 is 11.1 Å². The summed E-state index contributed by atoms with van der Waals surface area (Å²) in [5, 5.41) is 15.5. The molecular weight excluding hydrogens is 356 g/mol. The predicted molar refractivity (Wildman–Crippen MR) is 107 cm³/mol. The molecule has 0 unspecified atom stereocenters. The molecule has 0 saturated carbocycles. The van der Waals surface area contributed by atoms with Crippen LogP contribution in [-0.2, 0) is 6.54 Å². The highest BCUT2D eigenvalue weighted by Gasteiger charge is 2.25. The Morgan fingerprint density at radius 2 is 2.25 bits per heavy atom. The SMILES string of the molecule is N[C@H]1CCN(Cc2c[nH]c3ncnc(Nc4ccc5occc5c4)c23)C[C@@H]1O. The number of aliphatic hydroxyl groups excluding tert-OH is 1. The molecule has 0 spiro atoms. The minimum absolute atomic E-state index is 0.141. The molecule has 1 saturated heterocycles. The molecule has 0 aliphatic carbocycles. The monoisotopic (exact) mass is 378 g/mol. The number of fused-ring (bicyclic) bond motifs is 2. The minimum Gasteiger partial charge on any atom is -0.464 e. The third kappa shape index (κ3) is 3.11. The second kappa shape index (κ2) is 6.90. The van der Waals surface area contributed by atoms with Crippen LogP contribution in [0.3, 0.4) is 0 Å². The lowest BCUT2D eigenvalue weighted by atomic mass is 10.0. The Kier molecular flexibility index (Phi) is 4.23. The summed E-state index contributed by atoms with van der Waals surface area (Å²) >= 11 is 0. The number of nitrogens with zero attached hydrogens (tertiary/aromatic N) is 3. The maximum absolute atomic E-state index is 10.1. The molecule has 4 aromatic rings. The number of aromatic nitrogens is 3. The van der Waals surface area contributed by atoms with Crippen molar-refractivity contribution in [1.82, 2.24) is 19.9 Å². The number of aromatic amines is 1. The van der Waals surface area contributed by atoms with E-state index >= 15 is 0 Å². The van der Waals surface area contributed by atoms with E-state index in [1.807, 2.05) is 30.5 Å². The molecular formula is C20H22N6O2. The average Bonchev–Trinajstić information content (AvgIpc) is 3.32. The van der Waals surface area contributed by atoms with E-state index in [-0.39, 0.29) is 6.04 Å². The zero-order valence-electron chi connectivity index (χ0n) is 15.3. The van der Waals surface area contributed by atoms with Crippen molar-refractivity contribution < 1.29 is 9.52 Å². The Bertz CT molecular complexity index is 1120. The van der Waals surface area contributed by atoms with Gasteiger partial charge in [-0.2, -0.15) is 0 Å². The van der Waals surface area contributed by atoms with Gasteiger partial charge in [0.25, 0.3) is 0 Å². The summed E-state index contributed by atoms with van der Waals surface area (Å²) in [6.45, 7) is 2.13. The van der Waals surface area contributed by atoms with Gasteiger partial charge < -0.3 is 25.6 Å². The first kappa shape index (κ1) is 17.2. The highest BCUT2D eigenvalue weighted by atomic mass is 16.3. The Morgan fingerprint density at radius 3 is 3.14 bits per heavy atom. The number of hydrogen-bond donors (Lipinski definition) is 4. The van der Waals surface area contributed by atoms with Gasteiger partial charge in [-0.05, 0) is 36.2 Å². The summed E-state index contributed by atoms with van der Waals surface area (Å²) in [5.74, 6) is 0.748. The van der Waals surface area contributed by atoms with Gasteiger partial charge in [-0.15, -0.1) is 0 Å². The van der Waals surface area contributed by atoms with E-state index < -0.39 is 6.10 Å². The van der Waals surface area contributed by atoms with Crippen molar-refractivity contribution in [1.29, 1.82) is 0 Å². The first-order valence-electron chi connectivity index (χ1n) is 9.38. The Hall–Kier alpha value is -2.94. The summed E-state index contributed by atoms with van der Waals surface area (Å²) < 4.78 is 5.41. The van der Waals surface area contributed by atoms with Crippen LogP contribution in [0, 0.1) is 0 Å². The van der Waals surface area contributed by atoms with Crippen LogP contribution in [0.15, 0.2) is 47.5 Å². The van der Waals surface area contributed by atoms with Gasteiger partial charge in [0.05, 0.1) is 17.8 Å². The van der Waals surface area contributed by atoms with Crippen molar-refractivity contribution in [3.63, 3.8) is 0 Å². The molecule has 0 radical (unpaired) electrons. The molecule has 1 aromatic carbocycles. The summed E-state index contributed by atoms with van der Waals surface area (Å²) in [6.07, 6.45) is 5.49. The van der Waals surface area contributed by atoms with Crippen molar-refractivity contribution in [3.8, 4) is 0 Å². The minimum atomic E-state index is -0.491. The normalized spacial score (nSPS) is 20.8. The number of H-pyrrole nitrogens is 1. The van der Waals surface area contributed by atoms with Crippen LogP contribution in [0.1, 0.15) is 12.0 Å². The van der Waals surface area contributed by atoms with Crippen LogP contribution in [-0.4, -0.2) is 50.2 Å². The number of furan rings is 1. The second-order valence-electron chi connectivity index (χ2n) is 7.31. The molecule has 1 fully saturated rings. The number of hydrogen-bond acceptors (Lipinski definition) is 7. The standard InChI is InChI=1S/C20H22N6O2/c21-15-3-5-26(10-16(15)27)9-13-8-22-19-18(13)20(24-11-23-19)25-14-1-2-17-12(7-14)4-6-28-17/h1-2,4,6-8,11,15-16,27H,3,5,9-10,21H2,(H2,22,23,24,25)/t15-,16-/m0/s1. The molecule has 8 heteroatoms. The Balaban J connectivity index is 1.45. The molecule has 5 rings (SSSR count). The number of likely N-dealkylation sites (tertiary alicyclic amines) is 1. The van der Waals surface area contributed by atoms with Gasteiger partial charge in [0.1, 0.15) is 23.4 Å². The number of aliphatic hydroxyl groups is 1. The molecule has 3 aromatic heterocycles. The number of nitrogens with two attached hydrogens (primary N) is 1. The number of benzene rings is 1. The summed E-state index contributed by atoms with van der Waals surface area (Å²) in [5.41, 5.74) is 9.58. The molecule has 1 aliphatic heterocycles. The molecule has 1 aliphatic rings. The van der Waals surface area contributed by atoms with Crippen molar-refractivity contribution in [2.45, 2.75) is 25.1 Å². The van der Waals surface area contributed by atoms with Crippen LogP contribution in [0.25, 0.3) is 22.0 Å². The van der Waals surface area contributed by atoms with Gasteiger partial charge in [-0.3, -0.25) is 4.90 Å². The molecule has 4 heterocycles. The van der Waals surface area contributed by atoms with Gasteiger partial charge in [-0.1, -0.05) is 0 Å². The maximum Gasteiger partial charge on any atom is 0.143 e. The third-order valence-corrected chi connectivity index (χ3v) is 5.38. The smallest absolute Gasteiger partial charge is 0.143 e. The van der Waals surface area contributed by atoms with E-state index in [1.165, 1.54) is 0 Å². The Labute approximate surface area is 161 Å². The molecule has 144 valence electrons. The second-order valence-corrected chi connectivity index (χ2v) is 7.31. The molecule has 5 N–H and O–H groups in total. The van der Waals surface area contributed by atoms with E-state index in [4.69, 9.17) is 10.2 Å². The zero-order chi connectivity index (χ0) is 19.1. The lowest BCUT2D eigenvalue weighted by Crippen LogP contribution is -2.50. The van der Waals surface area contributed by atoms with Gasteiger partial charge in [0.15, 0.2) is 0 Å². The fraction of sp³-hybridized carbons (Fsp3) is 0.300. The fourth-order valence-corrected chi connectivity index (χ4v) is 3.83. The van der Waals surface area contributed by atoms with Gasteiger partial charge in [0, 0.05) is 42.9 Å². The molecule has 0 bridgehead atoms. The van der Waals surface area contributed by atoms with Gasteiger partial charge in [-0.25, -0.2) is 9.97 Å². The first-order chi connectivity index (χ1) is 13.7. The zero-order valence-corrected chi connectivity index (χ0v) is 15.3. The lowest BCUT2D eigenvalue weighted by Gasteiger charge is -2.33. The van der Waals surface area contributed by atoms with E-state index in [0.717, 1.165) is 52.0 Å². The van der Waals surface area contributed by atoms with Crippen LogP contribution in [0.4, 0.5) is 11.5 Å². The van der Waals surface area contributed by atoms with E-state index in [2.05, 4.69) is 25.2 Å². The number of piperidine rings is 1. The van der Waals surface area contributed by atoms with Crippen molar-refractivity contribution in [2.75, 3.05) is 18.4 Å². The summed E-state index contributed by atoms with van der Waals surface area (Å²) in [7, 11) is 0. The topological polar surface area (TPSA) is 116 Å². The molecule has 2 atom stereocenters. The third-order valence-electron chi connectivity index (χ3n) is 5.38. The van der Waals surface area contributed by atoms with Crippen molar-refractivity contribution >= 4 is 33.5 Å². The largest absolute Gasteiger partial charge is 0.464 e. The van der Waals surface area contributed by atoms with E-state index in [1.54, 1.807) is 12.6 Å². The maximum atomic E-state index is 10.1. The molecule has 8 nitrogen and oxygen atoms in total.